The number of carboxylic acids is 1. The molecule has 0 spiro atoms. The van der Waals surface area contributed by atoms with Gasteiger partial charge in [0.15, 0.2) is 20.7 Å². The number of fused-ring (bicyclic) bond motifs is 1. The van der Waals surface area contributed by atoms with E-state index in [1.54, 1.807) is 0 Å². The van der Waals surface area contributed by atoms with Crippen molar-refractivity contribution < 1.29 is 14.6 Å². The predicted molar refractivity (Wildman–Crippen MR) is 119 cm³/mol. The van der Waals surface area contributed by atoms with Crippen LogP contribution in [0.4, 0.5) is 0 Å². The van der Waals surface area contributed by atoms with Gasteiger partial charge in [0.2, 0.25) is 0 Å². The van der Waals surface area contributed by atoms with Crippen LogP contribution in [0.2, 0.25) is 0 Å². The summed E-state index contributed by atoms with van der Waals surface area (Å²) in [6.45, 7) is 6.09. The third kappa shape index (κ3) is 3.83. The second-order valence-electron chi connectivity index (χ2n) is 6.65. The normalized spacial score (nSPS) is 18.8. The number of carbonyl (C=O) groups is 1. The van der Waals surface area contributed by atoms with Gasteiger partial charge in [-0.2, -0.15) is 0 Å². The first-order valence-corrected chi connectivity index (χ1v) is 11.0. The van der Waals surface area contributed by atoms with Crippen molar-refractivity contribution in [2.24, 2.45) is 5.92 Å². The molecule has 3 nitrogen and oxygen atoms in total. The molecule has 0 bridgehead atoms. The number of rotatable bonds is 6. The molecule has 2 aromatic rings. The minimum Gasteiger partial charge on any atom is -0.485 e. The fraction of sp³-hybridized carbons (Fsp3) is 0.292. The molecule has 0 fully saturated rings. The van der Waals surface area contributed by atoms with Gasteiger partial charge in [0, 0.05) is 21.1 Å². The highest BCUT2D eigenvalue weighted by atomic mass is 32.2. The minimum absolute atomic E-state index is 0.0576. The Morgan fingerprint density at radius 1 is 1.21 bits per heavy atom. The molecule has 2 atom stereocenters. The molecule has 2 unspecified atom stereocenters. The van der Waals surface area contributed by atoms with Crippen molar-refractivity contribution in [3.63, 3.8) is 0 Å². The van der Waals surface area contributed by atoms with E-state index in [1.165, 1.54) is 24.7 Å². The first kappa shape index (κ1) is 20.2. The monoisotopic (exact) mass is 395 g/mol. The average molecular weight is 396 g/mol. The molecule has 0 aliphatic heterocycles. The molecular weight excluding hydrogens is 368 g/mol. The average Bonchev–Trinajstić information content (AvgIpc) is 2.85. The molecule has 4 heteroatoms. The molecule has 0 amide bonds. The fourth-order valence-electron chi connectivity index (χ4n) is 3.74. The highest BCUT2D eigenvalue weighted by Gasteiger charge is 2.32. The lowest BCUT2D eigenvalue weighted by Gasteiger charge is -2.17. The summed E-state index contributed by atoms with van der Waals surface area (Å²) in [6, 6.07) is 8.63. The number of benzene rings is 1. The van der Waals surface area contributed by atoms with E-state index in [-0.39, 0.29) is 23.0 Å². The summed E-state index contributed by atoms with van der Waals surface area (Å²) >= 11 is 0. The first-order valence-electron chi connectivity index (χ1n) is 9.75. The first-order chi connectivity index (χ1) is 13.6. The molecule has 3 rings (SSSR count). The molecule has 1 aliphatic rings. The van der Waals surface area contributed by atoms with E-state index in [0.29, 0.717) is 0 Å². The topological polar surface area (TPSA) is 46.5 Å². The van der Waals surface area contributed by atoms with Crippen molar-refractivity contribution >= 4 is 43.6 Å². The Balaban J connectivity index is 2.26. The van der Waals surface area contributed by atoms with Crippen LogP contribution in [0.15, 0.2) is 54.3 Å². The van der Waals surface area contributed by atoms with Crippen molar-refractivity contribution in [1.82, 2.24) is 0 Å². The summed E-state index contributed by atoms with van der Waals surface area (Å²) < 4.78 is 8.40. The van der Waals surface area contributed by atoms with E-state index in [4.69, 9.17) is 9.84 Å². The number of carboxylic acid groups (broad SMARTS) is 1. The van der Waals surface area contributed by atoms with Gasteiger partial charge >= 0.3 is 5.97 Å². The Morgan fingerprint density at radius 2 is 1.96 bits per heavy atom. The van der Waals surface area contributed by atoms with E-state index < -0.39 is 5.97 Å². The van der Waals surface area contributed by atoms with Crippen LogP contribution >= 0.6 is 10.5 Å². The predicted octanol–water partition coefficient (Wildman–Crippen LogP) is 5.00. The van der Waals surface area contributed by atoms with Crippen molar-refractivity contribution in [1.29, 1.82) is 0 Å². The minimum atomic E-state index is -0.953. The molecule has 1 aliphatic carbocycles. The Morgan fingerprint density at radius 3 is 2.64 bits per heavy atom. The zero-order chi connectivity index (χ0) is 20.1. The van der Waals surface area contributed by atoms with Crippen LogP contribution in [0.3, 0.4) is 0 Å². The van der Waals surface area contributed by atoms with E-state index in [1.807, 2.05) is 18.2 Å². The highest BCUT2D eigenvalue weighted by molar-refractivity contribution is 7.47. The SMILES string of the molecule is C/C=c1\c(=C/CC)[s+](C2=CC=CC=C(OCC(=O)O)C2CC)c2ccccc12. The number of hydrogen-bond acceptors (Lipinski definition) is 2. The lowest BCUT2D eigenvalue weighted by atomic mass is 10.0. The van der Waals surface area contributed by atoms with Crippen LogP contribution in [-0.4, -0.2) is 17.7 Å². The number of hydrogen-bond donors (Lipinski definition) is 1. The Kier molecular flexibility index (Phi) is 6.53. The van der Waals surface area contributed by atoms with Crippen LogP contribution < -0.4 is 9.75 Å². The van der Waals surface area contributed by atoms with Gasteiger partial charge in [-0.15, -0.1) is 0 Å². The van der Waals surface area contributed by atoms with Gasteiger partial charge < -0.3 is 9.84 Å². The maximum absolute atomic E-state index is 11.0. The molecule has 1 N–H and O–H groups in total. The van der Waals surface area contributed by atoms with Crippen molar-refractivity contribution in [3.8, 4) is 0 Å². The zero-order valence-corrected chi connectivity index (χ0v) is 17.5. The van der Waals surface area contributed by atoms with Gasteiger partial charge in [-0.25, -0.2) is 4.79 Å². The Hall–Kier alpha value is -2.59. The lowest BCUT2D eigenvalue weighted by Crippen LogP contribution is -2.21. The van der Waals surface area contributed by atoms with Gasteiger partial charge in [0.1, 0.15) is 5.76 Å². The van der Waals surface area contributed by atoms with Gasteiger partial charge in [-0.3, -0.25) is 0 Å². The smallest absolute Gasteiger partial charge is 0.341 e. The summed E-state index contributed by atoms with van der Waals surface area (Å²) in [5.74, 6) is -0.159. The molecule has 1 aromatic carbocycles. The summed E-state index contributed by atoms with van der Waals surface area (Å²) in [7, 11) is -0.198. The number of ether oxygens (including phenoxy) is 1. The van der Waals surface area contributed by atoms with Gasteiger partial charge in [0.05, 0.1) is 5.92 Å². The second-order valence-corrected chi connectivity index (χ2v) is 8.61. The van der Waals surface area contributed by atoms with Gasteiger partial charge in [0.25, 0.3) is 0 Å². The van der Waals surface area contributed by atoms with E-state index >= 15 is 0 Å². The zero-order valence-electron chi connectivity index (χ0n) is 16.6. The molecule has 1 heterocycles. The Labute approximate surface area is 168 Å². The van der Waals surface area contributed by atoms with Gasteiger partial charge in [-0.05, 0) is 50.1 Å². The van der Waals surface area contributed by atoms with E-state index in [2.05, 4.69) is 63.3 Å². The molecule has 28 heavy (non-hydrogen) atoms. The quantitative estimate of drug-likeness (QED) is 0.700. The second kappa shape index (κ2) is 9.07. The van der Waals surface area contributed by atoms with E-state index in [0.717, 1.165) is 18.6 Å². The summed E-state index contributed by atoms with van der Waals surface area (Å²) in [4.78, 5) is 12.3. The molecular formula is C24H27O3S+. The lowest BCUT2D eigenvalue weighted by molar-refractivity contribution is -0.141. The van der Waals surface area contributed by atoms with Gasteiger partial charge in [-0.1, -0.05) is 44.2 Å². The van der Waals surface area contributed by atoms with Crippen molar-refractivity contribution in [3.05, 3.63) is 64.1 Å². The summed E-state index contributed by atoms with van der Waals surface area (Å²) in [5, 5.41) is 11.7. The molecule has 0 saturated heterocycles. The van der Waals surface area contributed by atoms with Crippen LogP contribution in [0.25, 0.3) is 27.1 Å². The molecule has 0 radical (unpaired) electrons. The van der Waals surface area contributed by atoms with Crippen LogP contribution in [-0.2, 0) is 9.53 Å². The third-order valence-corrected chi connectivity index (χ3v) is 7.40. The third-order valence-electron chi connectivity index (χ3n) is 4.89. The standard InChI is InChI=1S/C24H26O3S/c1-4-11-21-17(5-2)19-12-7-9-15-23(19)28(21)22-14-10-8-13-20(18(22)6-3)27-16-24(25)26/h5,7-15,18H,4,6,16H2,1-3H3/p+1/b17-5-,21-11+. The fourth-order valence-corrected chi connectivity index (χ4v) is 6.66. The number of aliphatic carboxylic acids is 1. The largest absolute Gasteiger partial charge is 0.485 e. The van der Waals surface area contributed by atoms with Crippen molar-refractivity contribution in [2.45, 2.75) is 33.6 Å². The highest BCUT2D eigenvalue weighted by Crippen LogP contribution is 2.43. The summed E-state index contributed by atoms with van der Waals surface area (Å²) in [5.41, 5.74) is 0. The summed E-state index contributed by atoms with van der Waals surface area (Å²) in [6.07, 6.45) is 14.5. The maximum Gasteiger partial charge on any atom is 0.341 e. The van der Waals surface area contributed by atoms with Crippen LogP contribution in [0.5, 0.6) is 0 Å². The molecule has 0 saturated carbocycles. The Bertz CT molecular complexity index is 1080. The van der Waals surface area contributed by atoms with E-state index in [9.17, 15) is 4.79 Å². The molecule has 146 valence electrons. The number of thiophene rings is 1. The van der Waals surface area contributed by atoms with Crippen LogP contribution in [0, 0.1) is 5.92 Å². The number of allylic oxidation sites excluding steroid dienone is 5. The van der Waals surface area contributed by atoms with Crippen LogP contribution in [0.1, 0.15) is 33.6 Å². The van der Waals surface area contributed by atoms with Crippen molar-refractivity contribution in [2.75, 3.05) is 6.61 Å². The molecule has 1 aromatic heterocycles. The maximum atomic E-state index is 11.0.